The lowest BCUT2D eigenvalue weighted by atomic mass is 10.2. The van der Waals surface area contributed by atoms with Gasteiger partial charge in [-0.15, -0.1) is 0 Å². The summed E-state index contributed by atoms with van der Waals surface area (Å²) in [6.45, 7) is 6.93. The molecule has 5 heteroatoms. The summed E-state index contributed by atoms with van der Waals surface area (Å²) < 4.78 is 26.2. The minimum atomic E-state index is -0.711. The van der Waals surface area contributed by atoms with Gasteiger partial charge in [0.2, 0.25) is 0 Å². The summed E-state index contributed by atoms with van der Waals surface area (Å²) in [6, 6.07) is 2.85. The Hall–Kier alpha value is -1.49. The second kappa shape index (κ2) is 7.06. The van der Waals surface area contributed by atoms with Gasteiger partial charge in [-0.05, 0) is 31.3 Å². The molecule has 0 radical (unpaired) electrons. The van der Waals surface area contributed by atoms with Crippen molar-refractivity contribution >= 4 is 5.91 Å². The molecular formula is C13H18F2N2O. The Morgan fingerprint density at radius 3 is 2.56 bits per heavy atom. The van der Waals surface area contributed by atoms with E-state index in [1.54, 1.807) is 0 Å². The highest BCUT2D eigenvalue weighted by Crippen LogP contribution is 2.09. The molecule has 0 aliphatic carbocycles. The Morgan fingerprint density at radius 1 is 1.28 bits per heavy atom. The quantitative estimate of drug-likeness (QED) is 0.844. The summed E-state index contributed by atoms with van der Waals surface area (Å²) in [5, 5.41) is 2.58. The molecule has 1 aromatic carbocycles. The number of likely N-dealkylation sites (N-methyl/N-ethyl adjacent to an activating group) is 1. The van der Waals surface area contributed by atoms with E-state index in [-0.39, 0.29) is 5.56 Å². The van der Waals surface area contributed by atoms with E-state index in [2.05, 4.69) is 10.2 Å². The maximum absolute atomic E-state index is 13.3. The van der Waals surface area contributed by atoms with E-state index in [1.807, 2.05) is 13.8 Å². The van der Waals surface area contributed by atoms with Gasteiger partial charge in [0.25, 0.3) is 5.91 Å². The maximum Gasteiger partial charge on any atom is 0.254 e. The van der Waals surface area contributed by atoms with Crippen LogP contribution in [0.15, 0.2) is 18.2 Å². The molecule has 0 aliphatic heterocycles. The molecule has 0 spiro atoms. The fourth-order valence-electron chi connectivity index (χ4n) is 1.63. The summed E-state index contributed by atoms with van der Waals surface area (Å²) in [5.74, 6) is -1.92. The number of rotatable bonds is 6. The smallest absolute Gasteiger partial charge is 0.254 e. The van der Waals surface area contributed by atoms with E-state index in [9.17, 15) is 13.6 Å². The highest BCUT2D eigenvalue weighted by Gasteiger charge is 2.12. The minimum absolute atomic E-state index is 0.255. The first kappa shape index (κ1) is 14.6. The van der Waals surface area contributed by atoms with Crippen molar-refractivity contribution < 1.29 is 13.6 Å². The minimum Gasteiger partial charge on any atom is -0.351 e. The average Bonchev–Trinajstić information content (AvgIpc) is 2.37. The Bertz CT molecular complexity index is 406. The van der Waals surface area contributed by atoms with Crippen molar-refractivity contribution in [1.29, 1.82) is 0 Å². The number of nitrogens with zero attached hydrogens (tertiary/aromatic N) is 1. The number of hydrogen-bond donors (Lipinski definition) is 1. The van der Waals surface area contributed by atoms with Crippen molar-refractivity contribution in [3.63, 3.8) is 0 Å². The Balaban J connectivity index is 2.53. The van der Waals surface area contributed by atoms with Crippen molar-refractivity contribution in [2.24, 2.45) is 0 Å². The van der Waals surface area contributed by atoms with E-state index in [4.69, 9.17) is 0 Å². The third kappa shape index (κ3) is 4.07. The van der Waals surface area contributed by atoms with Crippen LogP contribution < -0.4 is 5.32 Å². The first-order valence-corrected chi connectivity index (χ1v) is 6.04. The van der Waals surface area contributed by atoms with Gasteiger partial charge in [0.1, 0.15) is 11.6 Å². The van der Waals surface area contributed by atoms with Gasteiger partial charge in [0.05, 0.1) is 5.56 Å². The van der Waals surface area contributed by atoms with Crippen LogP contribution in [-0.4, -0.2) is 37.0 Å². The molecule has 1 aromatic rings. The molecule has 0 bridgehead atoms. The lowest BCUT2D eigenvalue weighted by Crippen LogP contribution is -2.35. The largest absolute Gasteiger partial charge is 0.351 e. The van der Waals surface area contributed by atoms with Gasteiger partial charge in [0, 0.05) is 13.1 Å². The highest BCUT2D eigenvalue weighted by atomic mass is 19.1. The molecule has 1 amide bonds. The van der Waals surface area contributed by atoms with Crippen molar-refractivity contribution in [2.75, 3.05) is 26.2 Å². The van der Waals surface area contributed by atoms with E-state index < -0.39 is 17.5 Å². The number of nitrogens with one attached hydrogen (secondary N) is 1. The predicted molar refractivity (Wildman–Crippen MR) is 66.5 cm³/mol. The summed E-state index contributed by atoms with van der Waals surface area (Å²) in [7, 11) is 0. The van der Waals surface area contributed by atoms with Gasteiger partial charge < -0.3 is 10.2 Å². The topological polar surface area (TPSA) is 32.3 Å². The Labute approximate surface area is 106 Å². The van der Waals surface area contributed by atoms with E-state index in [0.29, 0.717) is 13.1 Å². The van der Waals surface area contributed by atoms with Gasteiger partial charge in [-0.25, -0.2) is 8.78 Å². The van der Waals surface area contributed by atoms with Crippen molar-refractivity contribution in [2.45, 2.75) is 13.8 Å². The molecule has 0 aromatic heterocycles. The zero-order chi connectivity index (χ0) is 13.5. The fraction of sp³-hybridized carbons (Fsp3) is 0.462. The van der Waals surface area contributed by atoms with E-state index >= 15 is 0 Å². The Kier molecular flexibility index (Phi) is 5.71. The molecule has 100 valence electrons. The van der Waals surface area contributed by atoms with Gasteiger partial charge in [-0.1, -0.05) is 13.8 Å². The zero-order valence-corrected chi connectivity index (χ0v) is 10.7. The van der Waals surface area contributed by atoms with Crippen molar-refractivity contribution in [1.82, 2.24) is 10.2 Å². The highest BCUT2D eigenvalue weighted by molar-refractivity contribution is 5.94. The molecule has 3 nitrogen and oxygen atoms in total. The van der Waals surface area contributed by atoms with Crippen LogP contribution >= 0.6 is 0 Å². The van der Waals surface area contributed by atoms with Crippen LogP contribution in [-0.2, 0) is 0 Å². The normalized spacial score (nSPS) is 10.7. The number of carbonyl (C=O) groups excluding carboxylic acids is 1. The first-order valence-electron chi connectivity index (χ1n) is 6.04. The number of amides is 1. The average molecular weight is 256 g/mol. The molecular weight excluding hydrogens is 238 g/mol. The van der Waals surface area contributed by atoms with Crippen molar-refractivity contribution in [3.05, 3.63) is 35.4 Å². The number of carbonyl (C=O) groups is 1. The second-order valence-electron chi connectivity index (χ2n) is 3.91. The van der Waals surface area contributed by atoms with E-state index in [1.165, 1.54) is 0 Å². The second-order valence-corrected chi connectivity index (χ2v) is 3.91. The van der Waals surface area contributed by atoms with Crippen LogP contribution in [0, 0.1) is 11.6 Å². The van der Waals surface area contributed by atoms with Crippen LogP contribution in [0.25, 0.3) is 0 Å². The van der Waals surface area contributed by atoms with Gasteiger partial charge >= 0.3 is 0 Å². The zero-order valence-electron chi connectivity index (χ0n) is 10.7. The molecule has 0 saturated carbocycles. The van der Waals surface area contributed by atoms with Crippen LogP contribution in [0.4, 0.5) is 8.78 Å². The molecule has 0 atom stereocenters. The molecule has 1 rings (SSSR count). The standard InChI is InChI=1S/C13H18F2N2O/c1-3-17(4-2)8-7-16-13(18)11-9-10(14)5-6-12(11)15/h5-6,9H,3-4,7-8H2,1-2H3,(H,16,18). The lowest BCUT2D eigenvalue weighted by molar-refractivity contribution is 0.0944. The third-order valence-corrected chi connectivity index (χ3v) is 2.78. The summed E-state index contributed by atoms with van der Waals surface area (Å²) in [5.41, 5.74) is -0.255. The summed E-state index contributed by atoms with van der Waals surface area (Å²) in [4.78, 5) is 13.8. The van der Waals surface area contributed by atoms with E-state index in [0.717, 1.165) is 31.3 Å². The van der Waals surface area contributed by atoms with Crippen molar-refractivity contribution in [3.8, 4) is 0 Å². The first-order chi connectivity index (χ1) is 8.58. The summed E-state index contributed by atoms with van der Waals surface area (Å²) in [6.07, 6.45) is 0. The van der Waals surface area contributed by atoms with Gasteiger partial charge in [0.15, 0.2) is 0 Å². The molecule has 0 aliphatic rings. The molecule has 0 heterocycles. The fourth-order valence-corrected chi connectivity index (χ4v) is 1.63. The lowest BCUT2D eigenvalue weighted by Gasteiger charge is -2.18. The third-order valence-electron chi connectivity index (χ3n) is 2.78. The van der Waals surface area contributed by atoms with Crippen LogP contribution in [0.3, 0.4) is 0 Å². The number of hydrogen-bond acceptors (Lipinski definition) is 2. The van der Waals surface area contributed by atoms with Gasteiger partial charge in [-0.2, -0.15) is 0 Å². The molecule has 18 heavy (non-hydrogen) atoms. The van der Waals surface area contributed by atoms with Crippen LogP contribution in [0.5, 0.6) is 0 Å². The monoisotopic (exact) mass is 256 g/mol. The Morgan fingerprint density at radius 2 is 1.94 bits per heavy atom. The number of halogens is 2. The molecule has 0 saturated heterocycles. The number of benzene rings is 1. The summed E-state index contributed by atoms with van der Waals surface area (Å²) >= 11 is 0. The SMILES string of the molecule is CCN(CC)CCNC(=O)c1cc(F)ccc1F. The van der Waals surface area contributed by atoms with Gasteiger partial charge in [-0.3, -0.25) is 4.79 Å². The molecule has 0 fully saturated rings. The van der Waals surface area contributed by atoms with Crippen LogP contribution in [0.2, 0.25) is 0 Å². The molecule has 0 unspecified atom stereocenters. The van der Waals surface area contributed by atoms with Crippen LogP contribution in [0.1, 0.15) is 24.2 Å². The molecule has 1 N–H and O–H groups in total. The maximum atomic E-state index is 13.3. The predicted octanol–water partition coefficient (Wildman–Crippen LogP) is 2.04.